The number of ketones is 1. The number of esters is 1. The topological polar surface area (TPSA) is 87.4 Å². The van der Waals surface area contributed by atoms with E-state index in [1.807, 2.05) is 12.1 Å². The molecule has 0 aliphatic carbocycles. The number of hydrogen-bond acceptors (Lipinski definition) is 5. The van der Waals surface area contributed by atoms with Gasteiger partial charge in [0.1, 0.15) is 12.2 Å². The van der Waals surface area contributed by atoms with Crippen LogP contribution in [0.1, 0.15) is 43.2 Å². The van der Waals surface area contributed by atoms with Crippen LogP contribution < -0.4 is 0 Å². The Morgan fingerprint density at radius 1 is 1.27 bits per heavy atom. The third kappa shape index (κ3) is 7.00. The molecule has 0 aliphatic heterocycles. The molecule has 1 aromatic rings. The Hall–Kier alpha value is -2.19. The number of aliphatic hydroxyl groups excluding tert-OH is 1. The lowest BCUT2D eigenvalue weighted by Crippen LogP contribution is -2.17. The van der Waals surface area contributed by atoms with E-state index in [1.165, 1.54) is 7.11 Å². The highest BCUT2D eigenvalue weighted by atomic mass is 16.5. The van der Waals surface area contributed by atoms with Gasteiger partial charge in [0.25, 0.3) is 0 Å². The molecular weight excluding hydrogens is 282 g/mol. The zero-order chi connectivity index (χ0) is 16.4. The number of benzene rings is 1. The van der Waals surface area contributed by atoms with Crippen LogP contribution in [0.5, 0.6) is 0 Å². The van der Waals surface area contributed by atoms with E-state index >= 15 is 0 Å². The van der Waals surface area contributed by atoms with E-state index in [1.54, 1.807) is 12.1 Å². The van der Waals surface area contributed by atoms with Gasteiger partial charge in [0.15, 0.2) is 0 Å². The van der Waals surface area contributed by atoms with Crippen LogP contribution in [0.4, 0.5) is 0 Å². The summed E-state index contributed by atoms with van der Waals surface area (Å²) in [6.45, 7) is 0. The molecule has 1 atom stereocenters. The highest BCUT2D eigenvalue weighted by Gasteiger charge is 2.14. The van der Waals surface area contributed by atoms with Crippen molar-refractivity contribution < 1.29 is 19.4 Å². The van der Waals surface area contributed by atoms with E-state index in [2.05, 4.69) is 10.8 Å². The molecular formula is C17H21NO4. The van der Waals surface area contributed by atoms with Gasteiger partial charge < -0.3 is 9.84 Å². The molecule has 5 nitrogen and oxygen atoms in total. The van der Waals surface area contributed by atoms with Gasteiger partial charge in [0, 0.05) is 6.42 Å². The first-order chi connectivity index (χ1) is 10.5. The Bertz CT molecular complexity index is 531. The van der Waals surface area contributed by atoms with E-state index in [0.717, 1.165) is 24.8 Å². The number of nitrogens with zero attached hydrogens (tertiary/aromatic N) is 1. The van der Waals surface area contributed by atoms with Gasteiger partial charge in [-0.15, -0.1) is 0 Å². The number of ether oxygens (including phenoxy) is 1. The van der Waals surface area contributed by atoms with E-state index in [4.69, 9.17) is 5.26 Å². The molecule has 0 aromatic heterocycles. The Kier molecular flexibility index (Phi) is 7.87. The first kappa shape index (κ1) is 17.9. The van der Waals surface area contributed by atoms with Crippen molar-refractivity contribution in [3.05, 3.63) is 35.4 Å². The van der Waals surface area contributed by atoms with Crippen LogP contribution in [0.25, 0.3) is 0 Å². The largest absolute Gasteiger partial charge is 0.469 e. The quantitative estimate of drug-likeness (QED) is 0.429. The van der Waals surface area contributed by atoms with E-state index < -0.39 is 12.1 Å². The van der Waals surface area contributed by atoms with Crippen molar-refractivity contribution in [2.75, 3.05) is 7.11 Å². The van der Waals surface area contributed by atoms with Gasteiger partial charge in [-0.3, -0.25) is 9.59 Å². The molecule has 1 rings (SSSR count). The van der Waals surface area contributed by atoms with Crippen LogP contribution in [0, 0.1) is 11.3 Å². The fraction of sp³-hybridized carbons (Fsp3) is 0.471. The number of methoxy groups -OCH3 is 1. The minimum absolute atomic E-state index is 0.00797. The molecule has 0 saturated carbocycles. The molecule has 0 spiro atoms. The molecule has 1 unspecified atom stereocenters. The second-order valence-corrected chi connectivity index (χ2v) is 5.20. The number of aryl methyl sites for hydroxylation is 1. The van der Waals surface area contributed by atoms with E-state index in [9.17, 15) is 14.7 Å². The number of unbranched alkanes of at least 4 members (excludes halogenated alkanes) is 1. The summed E-state index contributed by atoms with van der Waals surface area (Å²) in [4.78, 5) is 22.4. The van der Waals surface area contributed by atoms with Gasteiger partial charge in [0.05, 0.1) is 24.8 Å². The number of carbonyl (C=O) groups is 2. The fourth-order valence-electron chi connectivity index (χ4n) is 2.13. The SMILES string of the molecule is COC(=O)CC(=O)CC(O)CCCCc1ccc(C#N)cc1. The van der Waals surface area contributed by atoms with Gasteiger partial charge in [-0.05, 0) is 37.0 Å². The van der Waals surface area contributed by atoms with Crippen molar-refractivity contribution in [3.8, 4) is 6.07 Å². The maximum Gasteiger partial charge on any atom is 0.313 e. The van der Waals surface area contributed by atoms with Gasteiger partial charge in [-0.25, -0.2) is 0 Å². The first-order valence-electron chi connectivity index (χ1n) is 7.30. The van der Waals surface area contributed by atoms with Crippen molar-refractivity contribution in [2.45, 2.75) is 44.6 Å². The minimum Gasteiger partial charge on any atom is -0.469 e. The van der Waals surface area contributed by atoms with Gasteiger partial charge in [-0.2, -0.15) is 5.26 Å². The van der Waals surface area contributed by atoms with Crippen LogP contribution >= 0.6 is 0 Å². The maximum atomic E-state index is 11.5. The molecule has 0 radical (unpaired) electrons. The number of nitriles is 1. The summed E-state index contributed by atoms with van der Waals surface area (Å²) in [7, 11) is 1.23. The Morgan fingerprint density at radius 3 is 2.55 bits per heavy atom. The van der Waals surface area contributed by atoms with Crippen LogP contribution in [-0.2, 0) is 20.7 Å². The van der Waals surface area contributed by atoms with Crippen molar-refractivity contribution >= 4 is 11.8 Å². The Labute approximate surface area is 130 Å². The molecule has 1 N–H and O–H groups in total. The molecule has 0 aliphatic rings. The summed E-state index contributed by atoms with van der Waals surface area (Å²) in [6, 6.07) is 9.50. The van der Waals surface area contributed by atoms with Crippen molar-refractivity contribution in [1.29, 1.82) is 5.26 Å². The lowest BCUT2D eigenvalue weighted by atomic mass is 10.0. The lowest BCUT2D eigenvalue weighted by molar-refractivity contribution is -0.143. The number of hydrogen-bond donors (Lipinski definition) is 1. The number of aliphatic hydroxyl groups is 1. The van der Waals surface area contributed by atoms with Crippen LogP contribution in [0.15, 0.2) is 24.3 Å². The second kappa shape index (κ2) is 9.69. The number of rotatable bonds is 9. The molecule has 5 heteroatoms. The standard InChI is InChI=1S/C17H21NO4/c1-22-17(21)11-16(20)10-15(19)5-3-2-4-13-6-8-14(12-18)9-7-13/h6-9,15,19H,2-5,10-11H2,1H3. The monoisotopic (exact) mass is 303 g/mol. The van der Waals surface area contributed by atoms with Gasteiger partial charge in [0.2, 0.25) is 0 Å². The maximum absolute atomic E-state index is 11.5. The summed E-state index contributed by atoms with van der Waals surface area (Å²) in [5.41, 5.74) is 1.79. The zero-order valence-electron chi connectivity index (χ0n) is 12.7. The summed E-state index contributed by atoms with van der Waals surface area (Å²) < 4.78 is 4.40. The van der Waals surface area contributed by atoms with Crippen molar-refractivity contribution in [3.63, 3.8) is 0 Å². The first-order valence-corrected chi connectivity index (χ1v) is 7.30. The fourth-order valence-corrected chi connectivity index (χ4v) is 2.13. The smallest absolute Gasteiger partial charge is 0.313 e. The van der Waals surface area contributed by atoms with E-state index in [-0.39, 0.29) is 18.6 Å². The average molecular weight is 303 g/mol. The summed E-state index contributed by atoms with van der Waals surface area (Å²) in [5, 5.41) is 18.5. The zero-order valence-corrected chi connectivity index (χ0v) is 12.7. The van der Waals surface area contributed by atoms with Crippen LogP contribution in [-0.4, -0.2) is 30.1 Å². The lowest BCUT2D eigenvalue weighted by Gasteiger charge is -2.09. The molecule has 0 heterocycles. The van der Waals surface area contributed by atoms with Gasteiger partial charge in [-0.1, -0.05) is 18.6 Å². The minimum atomic E-state index is -0.710. The average Bonchev–Trinajstić information content (AvgIpc) is 2.51. The normalized spacial score (nSPS) is 11.5. The van der Waals surface area contributed by atoms with Crippen molar-refractivity contribution in [1.82, 2.24) is 0 Å². The molecule has 22 heavy (non-hydrogen) atoms. The highest BCUT2D eigenvalue weighted by molar-refractivity contribution is 5.95. The molecule has 118 valence electrons. The van der Waals surface area contributed by atoms with Gasteiger partial charge >= 0.3 is 5.97 Å². The molecule has 0 bridgehead atoms. The molecule has 0 fully saturated rings. The molecule has 0 amide bonds. The third-order valence-electron chi connectivity index (χ3n) is 3.37. The van der Waals surface area contributed by atoms with Crippen LogP contribution in [0.3, 0.4) is 0 Å². The van der Waals surface area contributed by atoms with E-state index in [0.29, 0.717) is 12.0 Å². The predicted molar refractivity (Wildman–Crippen MR) is 81.0 cm³/mol. The third-order valence-corrected chi connectivity index (χ3v) is 3.37. The number of carbonyl (C=O) groups excluding carboxylic acids is 2. The van der Waals surface area contributed by atoms with Crippen LogP contribution in [0.2, 0.25) is 0 Å². The summed E-state index contributed by atoms with van der Waals surface area (Å²) in [5.74, 6) is -0.871. The highest BCUT2D eigenvalue weighted by Crippen LogP contribution is 2.11. The Balaban J connectivity index is 2.19. The second-order valence-electron chi connectivity index (χ2n) is 5.20. The number of Topliss-reactive ketones (excluding diaryl/α,β-unsaturated/α-hetero) is 1. The molecule has 0 saturated heterocycles. The summed E-state index contributed by atoms with van der Waals surface area (Å²) >= 11 is 0. The molecule has 1 aromatic carbocycles. The summed E-state index contributed by atoms with van der Waals surface area (Å²) in [6.07, 6.45) is 2.10. The van der Waals surface area contributed by atoms with Crippen molar-refractivity contribution in [2.24, 2.45) is 0 Å². The predicted octanol–water partition coefficient (Wildman–Crippen LogP) is 2.15. The Morgan fingerprint density at radius 2 is 1.95 bits per heavy atom.